The van der Waals surface area contributed by atoms with Gasteiger partial charge in [-0.25, -0.2) is 9.59 Å². The van der Waals surface area contributed by atoms with Crippen LogP contribution in [0.4, 0.5) is 5.69 Å². The molecule has 0 spiro atoms. The largest absolute Gasteiger partial charge is 0.478 e. The van der Waals surface area contributed by atoms with Crippen LogP contribution in [-0.4, -0.2) is 59.8 Å². The lowest BCUT2D eigenvalue weighted by molar-refractivity contribution is -0.136. The lowest BCUT2D eigenvalue weighted by Gasteiger charge is -2.15. The maximum atomic E-state index is 12.4. The molecule has 1 aliphatic heterocycles. The predicted molar refractivity (Wildman–Crippen MR) is 87.4 cm³/mol. The summed E-state index contributed by atoms with van der Waals surface area (Å²) in [5, 5.41) is 21.0. The molecule has 0 atom stereocenters. The third kappa shape index (κ3) is 3.41. The van der Waals surface area contributed by atoms with Crippen LogP contribution < -0.4 is 5.32 Å². The average Bonchev–Trinajstić information content (AvgIpc) is 2.85. The van der Waals surface area contributed by atoms with Crippen molar-refractivity contribution < 1.29 is 29.3 Å². The number of esters is 1. The van der Waals surface area contributed by atoms with Gasteiger partial charge in [-0.05, 0) is 28.1 Å². The SMILES string of the molecule is COC(=O)C1=C(Nc2cccc(C(=O)O)c2Br)C(=O)N(CCO)C1. The second kappa shape index (κ2) is 7.45. The highest BCUT2D eigenvalue weighted by molar-refractivity contribution is 9.10. The summed E-state index contributed by atoms with van der Waals surface area (Å²) >= 11 is 3.18. The predicted octanol–water partition coefficient (Wildman–Crippen LogP) is 0.821. The molecule has 128 valence electrons. The van der Waals surface area contributed by atoms with Crippen molar-refractivity contribution in [3.63, 3.8) is 0 Å². The number of carboxylic acids is 1. The molecule has 24 heavy (non-hydrogen) atoms. The fraction of sp³-hybridized carbons (Fsp3) is 0.267. The summed E-state index contributed by atoms with van der Waals surface area (Å²) in [5.74, 6) is -2.28. The Kier molecular flexibility index (Phi) is 5.58. The van der Waals surface area contributed by atoms with E-state index in [-0.39, 0.29) is 41.0 Å². The van der Waals surface area contributed by atoms with Gasteiger partial charge in [0.1, 0.15) is 5.70 Å². The monoisotopic (exact) mass is 398 g/mol. The number of nitrogens with zero attached hydrogens (tertiary/aromatic N) is 1. The van der Waals surface area contributed by atoms with Crippen molar-refractivity contribution in [3.8, 4) is 0 Å². The second-order valence-corrected chi connectivity index (χ2v) is 5.69. The first-order valence-electron chi connectivity index (χ1n) is 6.91. The lowest BCUT2D eigenvalue weighted by atomic mass is 10.2. The number of aromatic carboxylic acids is 1. The van der Waals surface area contributed by atoms with Gasteiger partial charge in [-0.15, -0.1) is 0 Å². The Balaban J connectivity index is 2.41. The van der Waals surface area contributed by atoms with Gasteiger partial charge < -0.3 is 25.2 Å². The molecule has 0 unspecified atom stereocenters. The minimum absolute atomic E-state index is 0.00135. The zero-order valence-corrected chi connectivity index (χ0v) is 14.3. The topological polar surface area (TPSA) is 116 Å². The number of amides is 1. The summed E-state index contributed by atoms with van der Waals surface area (Å²) in [6, 6.07) is 4.49. The van der Waals surface area contributed by atoms with Gasteiger partial charge in [-0.2, -0.15) is 0 Å². The summed E-state index contributed by atoms with van der Waals surface area (Å²) in [6.45, 7) is -0.169. The highest BCUT2D eigenvalue weighted by Crippen LogP contribution is 2.30. The maximum absolute atomic E-state index is 12.4. The van der Waals surface area contributed by atoms with Crippen LogP contribution in [0.15, 0.2) is 33.9 Å². The molecule has 9 heteroatoms. The molecule has 8 nitrogen and oxygen atoms in total. The fourth-order valence-corrected chi connectivity index (χ4v) is 2.81. The van der Waals surface area contributed by atoms with Crippen LogP contribution in [0.3, 0.4) is 0 Å². The molecule has 1 aromatic carbocycles. The molecule has 1 heterocycles. The van der Waals surface area contributed by atoms with Crippen molar-refractivity contribution in [2.45, 2.75) is 0 Å². The van der Waals surface area contributed by atoms with E-state index in [1.165, 1.54) is 24.1 Å². The van der Waals surface area contributed by atoms with E-state index < -0.39 is 17.8 Å². The van der Waals surface area contributed by atoms with Crippen LogP contribution in [0.1, 0.15) is 10.4 Å². The number of carbonyl (C=O) groups is 3. The third-order valence-electron chi connectivity index (χ3n) is 3.44. The minimum Gasteiger partial charge on any atom is -0.478 e. The molecule has 0 saturated carbocycles. The molecular weight excluding hydrogens is 384 g/mol. The average molecular weight is 399 g/mol. The summed E-state index contributed by atoms with van der Waals surface area (Å²) in [4.78, 5) is 36.8. The van der Waals surface area contributed by atoms with E-state index in [1.54, 1.807) is 6.07 Å². The lowest BCUT2D eigenvalue weighted by Crippen LogP contribution is -2.31. The third-order valence-corrected chi connectivity index (χ3v) is 4.30. The smallest absolute Gasteiger partial charge is 0.337 e. The van der Waals surface area contributed by atoms with Gasteiger partial charge in [-0.3, -0.25) is 4.79 Å². The molecule has 0 saturated heterocycles. The van der Waals surface area contributed by atoms with E-state index in [4.69, 9.17) is 10.2 Å². The molecule has 1 aliphatic rings. The first-order chi connectivity index (χ1) is 11.4. The summed E-state index contributed by atoms with van der Waals surface area (Å²) < 4.78 is 4.94. The van der Waals surface area contributed by atoms with E-state index >= 15 is 0 Å². The van der Waals surface area contributed by atoms with Gasteiger partial charge in [0.2, 0.25) is 0 Å². The first-order valence-corrected chi connectivity index (χ1v) is 7.70. The van der Waals surface area contributed by atoms with Crippen molar-refractivity contribution >= 4 is 39.5 Å². The number of aliphatic hydroxyl groups is 1. The number of carbonyl (C=O) groups excluding carboxylic acids is 2. The number of aliphatic hydroxyl groups excluding tert-OH is 1. The van der Waals surface area contributed by atoms with Crippen molar-refractivity contribution in [2.75, 3.05) is 32.1 Å². The quantitative estimate of drug-likeness (QED) is 0.607. The van der Waals surface area contributed by atoms with E-state index in [0.717, 1.165) is 0 Å². The molecular formula is C15H15BrN2O6. The van der Waals surface area contributed by atoms with Crippen molar-refractivity contribution in [2.24, 2.45) is 0 Å². The Morgan fingerprint density at radius 3 is 2.71 bits per heavy atom. The van der Waals surface area contributed by atoms with Crippen LogP contribution >= 0.6 is 15.9 Å². The van der Waals surface area contributed by atoms with Crippen LogP contribution in [0, 0.1) is 0 Å². The molecule has 3 N–H and O–H groups in total. The van der Waals surface area contributed by atoms with E-state index in [1.807, 2.05) is 0 Å². The number of hydrogen-bond donors (Lipinski definition) is 3. The van der Waals surface area contributed by atoms with E-state index in [2.05, 4.69) is 26.0 Å². The Labute approximate surface area is 145 Å². The van der Waals surface area contributed by atoms with Gasteiger partial charge >= 0.3 is 11.9 Å². The Hall–Kier alpha value is -2.39. The number of nitrogens with one attached hydrogen (secondary N) is 1. The normalized spacial score (nSPS) is 14.1. The minimum atomic E-state index is -1.13. The van der Waals surface area contributed by atoms with Crippen molar-refractivity contribution in [3.05, 3.63) is 39.5 Å². The fourth-order valence-electron chi connectivity index (χ4n) is 2.28. The summed E-state index contributed by atoms with van der Waals surface area (Å²) in [6.07, 6.45) is 0. The highest BCUT2D eigenvalue weighted by Gasteiger charge is 2.34. The molecule has 0 aliphatic carbocycles. The Bertz CT molecular complexity index is 731. The number of ether oxygens (including phenoxy) is 1. The van der Waals surface area contributed by atoms with Crippen LogP contribution in [-0.2, 0) is 14.3 Å². The standard InChI is InChI=1S/C15H15BrN2O6/c1-24-15(23)9-7-18(5-6-19)13(20)12(9)17-10-4-2-3-8(11(10)16)14(21)22/h2-4,17,19H,5-7H2,1H3,(H,21,22). The maximum Gasteiger partial charge on any atom is 0.337 e. The number of β-amino-alcohol motifs (C(OH)–C–C–N with tert-alkyl or cyclic N) is 1. The number of benzene rings is 1. The summed E-state index contributed by atoms with van der Waals surface area (Å²) in [5.41, 5.74) is 0.450. The van der Waals surface area contributed by atoms with Crippen LogP contribution in [0.2, 0.25) is 0 Å². The second-order valence-electron chi connectivity index (χ2n) is 4.89. The van der Waals surface area contributed by atoms with Crippen molar-refractivity contribution in [1.82, 2.24) is 4.90 Å². The van der Waals surface area contributed by atoms with Gasteiger partial charge in [-0.1, -0.05) is 6.07 Å². The molecule has 0 aromatic heterocycles. The zero-order chi connectivity index (χ0) is 17.9. The highest BCUT2D eigenvalue weighted by atomic mass is 79.9. The molecule has 0 radical (unpaired) electrons. The molecule has 1 amide bonds. The van der Waals surface area contributed by atoms with Gasteiger partial charge in [0.05, 0.1) is 41.6 Å². The molecule has 1 aromatic rings. The van der Waals surface area contributed by atoms with Gasteiger partial charge in [0.25, 0.3) is 5.91 Å². The summed E-state index contributed by atoms with van der Waals surface area (Å²) in [7, 11) is 1.20. The molecule has 0 bridgehead atoms. The Morgan fingerprint density at radius 1 is 1.42 bits per heavy atom. The van der Waals surface area contributed by atoms with Crippen molar-refractivity contribution in [1.29, 1.82) is 0 Å². The number of rotatable bonds is 6. The molecule has 2 rings (SSSR count). The van der Waals surface area contributed by atoms with E-state index in [9.17, 15) is 14.4 Å². The van der Waals surface area contributed by atoms with Gasteiger partial charge in [0.15, 0.2) is 0 Å². The van der Waals surface area contributed by atoms with Crippen LogP contribution in [0.25, 0.3) is 0 Å². The van der Waals surface area contributed by atoms with E-state index in [0.29, 0.717) is 5.69 Å². The Morgan fingerprint density at radius 2 is 2.12 bits per heavy atom. The van der Waals surface area contributed by atoms with Crippen LogP contribution in [0.5, 0.6) is 0 Å². The number of hydrogen-bond acceptors (Lipinski definition) is 6. The number of halogens is 1. The van der Waals surface area contributed by atoms with Gasteiger partial charge in [0, 0.05) is 6.54 Å². The first kappa shape index (κ1) is 18.0. The number of methoxy groups -OCH3 is 1. The zero-order valence-electron chi connectivity index (χ0n) is 12.7. The molecule has 0 fully saturated rings. The number of carboxylic acid groups (broad SMARTS) is 1. The number of anilines is 1.